The third-order valence-corrected chi connectivity index (χ3v) is 5.96. The minimum absolute atomic E-state index is 0.255. The summed E-state index contributed by atoms with van der Waals surface area (Å²) in [6, 6.07) is 11.0. The molecule has 30 heavy (non-hydrogen) atoms. The minimum Gasteiger partial charge on any atom is -0.480 e. The zero-order valence-electron chi connectivity index (χ0n) is 16.6. The van der Waals surface area contributed by atoms with E-state index in [0.717, 1.165) is 5.56 Å². The van der Waals surface area contributed by atoms with Crippen molar-refractivity contribution in [3.63, 3.8) is 0 Å². The molecule has 8 heteroatoms. The van der Waals surface area contributed by atoms with E-state index in [1.165, 1.54) is 18.2 Å². The SMILES string of the molecule is CCC1(c2ccc(NC(=O)C(C)Oc3ccc(F)cc3Br)cc2)CCC(=O)NC1=O. The molecule has 1 aliphatic heterocycles. The topological polar surface area (TPSA) is 84.5 Å². The van der Waals surface area contributed by atoms with Gasteiger partial charge in [0.2, 0.25) is 11.8 Å². The molecule has 0 aliphatic carbocycles. The van der Waals surface area contributed by atoms with Gasteiger partial charge >= 0.3 is 0 Å². The van der Waals surface area contributed by atoms with Gasteiger partial charge in [0.15, 0.2) is 6.10 Å². The summed E-state index contributed by atoms with van der Waals surface area (Å²) in [5.41, 5.74) is 0.602. The van der Waals surface area contributed by atoms with Gasteiger partial charge in [0.25, 0.3) is 5.91 Å². The Bertz CT molecular complexity index is 980. The summed E-state index contributed by atoms with van der Waals surface area (Å²) in [7, 11) is 0. The molecular weight excluding hydrogens is 455 g/mol. The van der Waals surface area contributed by atoms with Gasteiger partial charge in [0, 0.05) is 12.1 Å². The molecule has 2 N–H and O–H groups in total. The number of amides is 3. The number of rotatable bonds is 6. The Hall–Kier alpha value is -2.74. The minimum atomic E-state index is -0.816. The fourth-order valence-corrected chi connectivity index (χ4v) is 3.94. The number of hydrogen-bond donors (Lipinski definition) is 2. The molecule has 0 aromatic heterocycles. The Morgan fingerprint density at radius 2 is 1.97 bits per heavy atom. The van der Waals surface area contributed by atoms with Crippen molar-refractivity contribution in [2.45, 2.75) is 44.6 Å². The number of benzene rings is 2. The van der Waals surface area contributed by atoms with E-state index in [1.807, 2.05) is 6.92 Å². The predicted molar refractivity (Wildman–Crippen MR) is 114 cm³/mol. The van der Waals surface area contributed by atoms with Crippen LogP contribution in [-0.4, -0.2) is 23.8 Å². The van der Waals surface area contributed by atoms with Gasteiger partial charge in [-0.2, -0.15) is 0 Å². The van der Waals surface area contributed by atoms with Gasteiger partial charge in [-0.25, -0.2) is 4.39 Å². The van der Waals surface area contributed by atoms with Crippen LogP contribution in [0.1, 0.15) is 38.7 Å². The van der Waals surface area contributed by atoms with Gasteiger partial charge < -0.3 is 10.1 Å². The Morgan fingerprint density at radius 3 is 2.57 bits per heavy atom. The third-order valence-electron chi connectivity index (χ3n) is 5.34. The predicted octanol–water partition coefficient (Wildman–Crippen LogP) is 4.08. The van der Waals surface area contributed by atoms with E-state index in [1.54, 1.807) is 31.2 Å². The molecule has 0 spiro atoms. The summed E-state index contributed by atoms with van der Waals surface area (Å²) in [6.45, 7) is 3.51. The summed E-state index contributed by atoms with van der Waals surface area (Å²) >= 11 is 3.21. The molecule has 158 valence electrons. The van der Waals surface area contributed by atoms with Crippen molar-refractivity contribution in [3.8, 4) is 5.75 Å². The van der Waals surface area contributed by atoms with E-state index in [0.29, 0.717) is 35.2 Å². The first-order valence-electron chi connectivity index (χ1n) is 9.62. The number of piperidine rings is 1. The van der Waals surface area contributed by atoms with Crippen molar-refractivity contribution >= 4 is 39.3 Å². The summed E-state index contributed by atoms with van der Waals surface area (Å²) < 4.78 is 19.2. The van der Waals surface area contributed by atoms with E-state index in [9.17, 15) is 18.8 Å². The maximum absolute atomic E-state index is 13.2. The van der Waals surface area contributed by atoms with Crippen LogP contribution in [-0.2, 0) is 19.8 Å². The molecule has 3 amide bonds. The number of carbonyl (C=O) groups excluding carboxylic acids is 3. The van der Waals surface area contributed by atoms with Gasteiger partial charge in [-0.1, -0.05) is 19.1 Å². The molecule has 1 fully saturated rings. The normalized spacial score (nSPS) is 19.7. The van der Waals surface area contributed by atoms with Crippen LogP contribution in [0.5, 0.6) is 5.75 Å². The quantitative estimate of drug-likeness (QED) is 0.615. The van der Waals surface area contributed by atoms with Crippen molar-refractivity contribution in [2.24, 2.45) is 0 Å². The number of halogens is 2. The molecule has 1 aliphatic rings. The molecule has 3 rings (SSSR count). The summed E-state index contributed by atoms with van der Waals surface area (Å²) in [5.74, 6) is -0.964. The Kier molecular flexibility index (Phi) is 6.55. The first-order valence-corrected chi connectivity index (χ1v) is 10.4. The van der Waals surface area contributed by atoms with Crippen molar-refractivity contribution in [3.05, 3.63) is 58.3 Å². The first-order chi connectivity index (χ1) is 14.2. The van der Waals surface area contributed by atoms with Crippen LogP contribution in [0, 0.1) is 5.82 Å². The highest BCUT2D eigenvalue weighted by atomic mass is 79.9. The maximum atomic E-state index is 13.2. The number of hydrogen-bond acceptors (Lipinski definition) is 4. The lowest BCUT2D eigenvalue weighted by molar-refractivity contribution is -0.138. The van der Waals surface area contributed by atoms with E-state index in [2.05, 4.69) is 26.6 Å². The molecule has 0 bridgehead atoms. The molecule has 0 saturated carbocycles. The maximum Gasteiger partial charge on any atom is 0.265 e. The molecule has 2 unspecified atom stereocenters. The number of carbonyl (C=O) groups is 3. The number of imide groups is 1. The second-order valence-corrected chi connectivity index (χ2v) is 8.07. The summed E-state index contributed by atoms with van der Waals surface area (Å²) in [5, 5.41) is 5.18. The number of anilines is 1. The van der Waals surface area contributed by atoms with Crippen molar-refractivity contribution < 1.29 is 23.5 Å². The lowest BCUT2D eigenvalue weighted by atomic mass is 9.72. The third kappa shape index (κ3) is 4.53. The first kappa shape index (κ1) is 22.0. The largest absolute Gasteiger partial charge is 0.480 e. The Labute approximate surface area is 182 Å². The second kappa shape index (κ2) is 8.95. The van der Waals surface area contributed by atoms with E-state index >= 15 is 0 Å². The molecule has 2 atom stereocenters. The standard InChI is InChI=1S/C22H22BrFN2O4/c1-3-22(11-10-19(27)26-21(22)29)14-4-7-16(8-5-14)25-20(28)13(2)30-18-9-6-15(24)12-17(18)23/h4-9,12-13H,3,10-11H2,1-2H3,(H,25,28)(H,26,27,29). The van der Waals surface area contributed by atoms with Crippen molar-refractivity contribution in [2.75, 3.05) is 5.32 Å². The van der Waals surface area contributed by atoms with Gasteiger partial charge in [-0.15, -0.1) is 0 Å². The average molecular weight is 477 g/mol. The zero-order chi connectivity index (χ0) is 21.9. The van der Waals surface area contributed by atoms with Crippen LogP contribution in [0.2, 0.25) is 0 Å². The smallest absolute Gasteiger partial charge is 0.265 e. The Morgan fingerprint density at radius 1 is 1.27 bits per heavy atom. The highest BCUT2D eigenvalue weighted by Crippen LogP contribution is 2.36. The number of ether oxygens (including phenoxy) is 1. The van der Waals surface area contributed by atoms with Gasteiger partial charge in [0.1, 0.15) is 11.6 Å². The van der Waals surface area contributed by atoms with Gasteiger partial charge in [-0.3, -0.25) is 19.7 Å². The number of nitrogens with one attached hydrogen (secondary N) is 2. The Balaban J connectivity index is 1.68. The highest BCUT2D eigenvalue weighted by molar-refractivity contribution is 9.10. The van der Waals surface area contributed by atoms with E-state index < -0.39 is 17.3 Å². The fourth-order valence-electron chi connectivity index (χ4n) is 3.50. The second-order valence-electron chi connectivity index (χ2n) is 7.21. The molecule has 6 nitrogen and oxygen atoms in total. The van der Waals surface area contributed by atoms with Gasteiger partial charge in [0.05, 0.1) is 9.89 Å². The van der Waals surface area contributed by atoms with Crippen LogP contribution >= 0.6 is 15.9 Å². The van der Waals surface area contributed by atoms with E-state index in [4.69, 9.17) is 4.74 Å². The fraction of sp³-hybridized carbons (Fsp3) is 0.318. The van der Waals surface area contributed by atoms with E-state index in [-0.39, 0.29) is 17.7 Å². The molecule has 2 aromatic rings. The molecular formula is C22H22BrFN2O4. The van der Waals surface area contributed by atoms with Crippen LogP contribution in [0.4, 0.5) is 10.1 Å². The van der Waals surface area contributed by atoms with Crippen molar-refractivity contribution in [1.82, 2.24) is 5.32 Å². The molecule has 1 saturated heterocycles. The summed E-state index contributed by atoms with van der Waals surface area (Å²) in [6.07, 6.45) is 0.502. The monoisotopic (exact) mass is 476 g/mol. The zero-order valence-corrected chi connectivity index (χ0v) is 18.2. The van der Waals surface area contributed by atoms with Crippen molar-refractivity contribution in [1.29, 1.82) is 0 Å². The van der Waals surface area contributed by atoms with Gasteiger partial charge in [-0.05, 0) is 71.6 Å². The lowest BCUT2D eigenvalue weighted by Crippen LogP contribution is -2.51. The highest BCUT2D eigenvalue weighted by Gasteiger charge is 2.42. The average Bonchev–Trinajstić information content (AvgIpc) is 2.71. The molecule has 1 heterocycles. The van der Waals surface area contributed by atoms with Crippen LogP contribution in [0.15, 0.2) is 46.9 Å². The van der Waals surface area contributed by atoms with Crippen LogP contribution in [0.3, 0.4) is 0 Å². The lowest BCUT2D eigenvalue weighted by Gasteiger charge is -2.35. The van der Waals surface area contributed by atoms with Crippen LogP contribution < -0.4 is 15.4 Å². The summed E-state index contributed by atoms with van der Waals surface area (Å²) in [4.78, 5) is 36.5. The van der Waals surface area contributed by atoms with Crippen LogP contribution in [0.25, 0.3) is 0 Å². The molecule has 2 aromatic carbocycles. The molecule has 0 radical (unpaired) electrons.